The van der Waals surface area contributed by atoms with Gasteiger partial charge in [0, 0.05) is 6.54 Å². The lowest BCUT2D eigenvalue weighted by Gasteiger charge is -2.14. The van der Waals surface area contributed by atoms with Crippen LogP contribution in [0.5, 0.6) is 0 Å². The Bertz CT molecular complexity index is 1050. The fourth-order valence-electron chi connectivity index (χ4n) is 2.66. The summed E-state index contributed by atoms with van der Waals surface area (Å²) in [4.78, 5) is -0.801. The predicted molar refractivity (Wildman–Crippen MR) is 101 cm³/mol. The van der Waals surface area contributed by atoms with Crippen LogP contribution in [0.3, 0.4) is 0 Å². The van der Waals surface area contributed by atoms with E-state index in [2.05, 4.69) is 5.32 Å². The fourth-order valence-corrected chi connectivity index (χ4v) is 3.60. The summed E-state index contributed by atoms with van der Waals surface area (Å²) >= 11 is 0. The zero-order chi connectivity index (χ0) is 20.9. The maximum atomic E-state index is 12.9. The molecule has 3 rings (SSSR count). The molecule has 0 unspecified atom stereocenters. The second-order valence-corrected chi connectivity index (χ2v) is 8.10. The molecular formula is C20H18F3NO4S. The van der Waals surface area contributed by atoms with Gasteiger partial charge in [0.05, 0.1) is 23.5 Å². The Morgan fingerprint density at radius 2 is 1.69 bits per heavy atom. The summed E-state index contributed by atoms with van der Waals surface area (Å²) in [6.45, 7) is 0.794. The van der Waals surface area contributed by atoms with Crippen LogP contribution in [-0.2, 0) is 34.3 Å². The number of alkyl halides is 3. The smallest absolute Gasteiger partial charge is 0.467 e. The van der Waals surface area contributed by atoms with E-state index in [-0.39, 0.29) is 12.2 Å². The van der Waals surface area contributed by atoms with Gasteiger partial charge in [-0.3, -0.25) is 0 Å². The summed E-state index contributed by atoms with van der Waals surface area (Å²) in [6.07, 6.45) is 1.56. The maximum Gasteiger partial charge on any atom is 0.501 e. The Kier molecular flexibility index (Phi) is 6.29. The maximum absolute atomic E-state index is 12.9. The van der Waals surface area contributed by atoms with E-state index in [1.807, 2.05) is 12.1 Å². The van der Waals surface area contributed by atoms with Crippen molar-refractivity contribution in [2.24, 2.45) is 0 Å². The third-order valence-corrected chi connectivity index (χ3v) is 5.59. The zero-order valence-corrected chi connectivity index (χ0v) is 16.0. The second-order valence-electron chi connectivity index (χ2n) is 6.19. The van der Waals surface area contributed by atoms with Gasteiger partial charge in [0.1, 0.15) is 12.4 Å². The first kappa shape index (κ1) is 20.9. The Balaban J connectivity index is 1.66. The molecule has 0 amide bonds. The number of furan rings is 1. The van der Waals surface area contributed by atoms with Crippen LogP contribution in [0.25, 0.3) is 0 Å². The molecular weight excluding hydrogens is 407 g/mol. The number of nitrogens with one attached hydrogen (secondary N) is 1. The molecule has 0 bridgehead atoms. The van der Waals surface area contributed by atoms with Crippen molar-refractivity contribution in [2.45, 2.75) is 30.2 Å². The number of para-hydroxylation sites is 1. The van der Waals surface area contributed by atoms with Crippen molar-refractivity contribution in [3.8, 4) is 0 Å². The van der Waals surface area contributed by atoms with Gasteiger partial charge >= 0.3 is 5.51 Å². The lowest BCUT2D eigenvalue weighted by atomic mass is 10.1. The van der Waals surface area contributed by atoms with Crippen molar-refractivity contribution in [1.29, 1.82) is 0 Å². The Hall–Kier alpha value is -2.78. The molecule has 0 saturated heterocycles. The molecule has 2 aromatic carbocycles. The Labute approximate surface area is 166 Å². The molecule has 5 nitrogen and oxygen atoms in total. The molecule has 0 aliphatic rings. The van der Waals surface area contributed by atoms with Crippen LogP contribution >= 0.6 is 0 Å². The molecule has 1 N–H and O–H groups in total. The highest BCUT2D eigenvalue weighted by atomic mass is 32.2. The molecule has 0 saturated carbocycles. The van der Waals surface area contributed by atoms with Crippen molar-refractivity contribution in [3.05, 3.63) is 83.8 Å². The summed E-state index contributed by atoms with van der Waals surface area (Å²) in [5.41, 5.74) is -3.84. The first-order valence-electron chi connectivity index (χ1n) is 8.59. The number of halogens is 3. The summed E-state index contributed by atoms with van der Waals surface area (Å²) in [5.74, 6) is 0.699. The molecule has 0 aliphatic heterocycles. The van der Waals surface area contributed by atoms with Crippen LogP contribution in [0.2, 0.25) is 0 Å². The molecule has 0 fully saturated rings. The van der Waals surface area contributed by atoms with Crippen LogP contribution in [0.15, 0.2) is 76.2 Å². The number of hydrogen-bond acceptors (Lipinski definition) is 5. The van der Waals surface area contributed by atoms with Crippen LogP contribution in [0.1, 0.15) is 16.9 Å². The Morgan fingerprint density at radius 1 is 0.931 bits per heavy atom. The average molecular weight is 425 g/mol. The SMILES string of the molecule is O=S(=O)(c1ccccc1NCc1cccc(COCc2ccco2)c1)C(F)(F)F. The summed E-state index contributed by atoms with van der Waals surface area (Å²) in [6, 6.07) is 15.8. The number of rotatable bonds is 8. The van der Waals surface area contributed by atoms with Gasteiger partial charge < -0.3 is 14.5 Å². The van der Waals surface area contributed by atoms with Gasteiger partial charge in [-0.1, -0.05) is 36.4 Å². The summed E-state index contributed by atoms with van der Waals surface area (Å²) in [7, 11) is -5.44. The molecule has 3 aromatic rings. The first-order chi connectivity index (χ1) is 13.8. The molecule has 9 heteroatoms. The third kappa shape index (κ3) is 5.18. The molecule has 0 aliphatic carbocycles. The van der Waals surface area contributed by atoms with Crippen molar-refractivity contribution in [3.63, 3.8) is 0 Å². The second kappa shape index (κ2) is 8.71. The predicted octanol–water partition coefficient (Wildman–Crippen LogP) is 4.90. The number of anilines is 1. The zero-order valence-electron chi connectivity index (χ0n) is 15.1. The molecule has 1 heterocycles. The lowest BCUT2D eigenvalue weighted by molar-refractivity contribution is -0.0435. The number of benzene rings is 2. The average Bonchev–Trinajstić information content (AvgIpc) is 3.19. The Morgan fingerprint density at radius 3 is 2.41 bits per heavy atom. The van der Waals surface area contributed by atoms with Crippen molar-refractivity contribution < 1.29 is 30.7 Å². The van der Waals surface area contributed by atoms with Gasteiger partial charge in [0.15, 0.2) is 0 Å². The van der Waals surface area contributed by atoms with E-state index in [1.54, 1.807) is 30.5 Å². The van der Waals surface area contributed by atoms with Gasteiger partial charge in [0.2, 0.25) is 0 Å². The van der Waals surface area contributed by atoms with E-state index in [9.17, 15) is 21.6 Å². The normalized spacial score (nSPS) is 12.1. The first-order valence-corrected chi connectivity index (χ1v) is 10.1. The van der Waals surface area contributed by atoms with Crippen LogP contribution in [-0.4, -0.2) is 13.9 Å². The van der Waals surface area contributed by atoms with Gasteiger partial charge in [0.25, 0.3) is 9.84 Å². The van der Waals surface area contributed by atoms with Gasteiger partial charge in [-0.15, -0.1) is 0 Å². The third-order valence-electron chi connectivity index (χ3n) is 4.05. The largest absolute Gasteiger partial charge is 0.501 e. The van der Waals surface area contributed by atoms with Crippen molar-refractivity contribution in [1.82, 2.24) is 0 Å². The lowest BCUT2D eigenvalue weighted by Crippen LogP contribution is -2.24. The van der Waals surface area contributed by atoms with E-state index in [4.69, 9.17) is 9.15 Å². The van der Waals surface area contributed by atoms with Crippen LogP contribution in [0, 0.1) is 0 Å². The van der Waals surface area contributed by atoms with Gasteiger partial charge in [-0.2, -0.15) is 13.2 Å². The summed E-state index contributed by atoms with van der Waals surface area (Å²) in [5, 5.41) is 2.78. The van der Waals surface area contributed by atoms with Crippen molar-refractivity contribution in [2.75, 3.05) is 5.32 Å². The number of ether oxygens (including phenoxy) is 1. The number of hydrogen-bond donors (Lipinski definition) is 1. The highest BCUT2D eigenvalue weighted by Crippen LogP contribution is 2.34. The van der Waals surface area contributed by atoms with Gasteiger partial charge in [-0.05, 0) is 35.4 Å². The fraction of sp³-hybridized carbons (Fsp3) is 0.200. The van der Waals surface area contributed by atoms with E-state index in [0.29, 0.717) is 19.0 Å². The minimum atomic E-state index is -5.44. The van der Waals surface area contributed by atoms with E-state index < -0.39 is 20.2 Å². The van der Waals surface area contributed by atoms with E-state index >= 15 is 0 Å². The molecule has 29 heavy (non-hydrogen) atoms. The van der Waals surface area contributed by atoms with Crippen LogP contribution < -0.4 is 5.32 Å². The number of sulfone groups is 1. The minimum absolute atomic E-state index is 0.107. The van der Waals surface area contributed by atoms with Crippen molar-refractivity contribution >= 4 is 15.5 Å². The highest BCUT2D eigenvalue weighted by molar-refractivity contribution is 7.92. The molecule has 0 atom stereocenters. The molecule has 154 valence electrons. The topological polar surface area (TPSA) is 68.5 Å². The highest BCUT2D eigenvalue weighted by Gasteiger charge is 2.47. The van der Waals surface area contributed by atoms with E-state index in [0.717, 1.165) is 17.2 Å². The standard InChI is InChI=1S/C20H18F3NO4S/c21-20(22,23)29(25,26)19-9-2-1-8-18(19)24-12-15-5-3-6-16(11-15)13-27-14-17-7-4-10-28-17/h1-11,24H,12-14H2. The monoisotopic (exact) mass is 425 g/mol. The quantitative estimate of drug-likeness (QED) is 0.556. The van der Waals surface area contributed by atoms with E-state index in [1.165, 1.54) is 18.2 Å². The molecule has 1 aromatic heterocycles. The van der Waals surface area contributed by atoms with Gasteiger partial charge in [-0.25, -0.2) is 8.42 Å². The minimum Gasteiger partial charge on any atom is -0.467 e. The molecule has 0 radical (unpaired) electrons. The van der Waals surface area contributed by atoms with Crippen LogP contribution in [0.4, 0.5) is 18.9 Å². The molecule has 0 spiro atoms. The summed E-state index contributed by atoms with van der Waals surface area (Å²) < 4.78 is 73.0.